The molecule has 1 heterocycles. The molecule has 4 amide bonds. The minimum atomic E-state index is -0.706. The Kier molecular flexibility index (Phi) is 4.90. The summed E-state index contributed by atoms with van der Waals surface area (Å²) in [5, 5.41) is 15.3. The van der Waals surface area contributed by atoms with Crippen molar-refractivity contribution in [2.45, 2.75) is 0 Å². The maximum absolute atomic E-state index is 12.4. The Morgan fingerprint density at radius 2 is 1.85 bits per heavy atom. The van der Waals surface area contributed by atoms with E-state index in [9.17, 15) is 19.5 Å². The maximum Gasteiger partial charge on any atom is 0.329 e. The minimum Gasteiger partial charge on any atom is -0.507 e. The molecule has 0 radical (unpaired) electrons. The second kappa shape index (κ2) is 7.28. The molecule has 1 saturated heterocycles. The van der Waals surface area contributed by atoms with E-state index in [0.29, 0.717) is 16.3 Å². The second-order valence-corrected chi connectivity index (χ2v) is 5.93. The highest BCUT2D eigenvalue weighted by Gasteiger charge is 2.35. The predicted molar refractivity (Wildman–Crippen MR) is 96.4 cm³/mol. The van der Waals surface area contributed by atoms with Gasteiger partial charge in [-0.2, -0.15) is 0 Å². The van der Waals surface area contributed by atoms with E-state index in [0.717, 1.165) is 4.90 Å². The predicted octanol–water partition coefficient (Wildman–Crippen LogP) is 2.58. The number of urea groups is 1. The first kappa shape index (κ1) is 17.5. The van der Waals surface area contributed by atoms with Crippen LogP contribution in [0.2, 0.25) is 5.02 Å². The second-order valence-electron chi connectivity index (χ2n) is 5.49. The van der Waals surface area contributed by atoms with Crippen molar-refractivity contribution in [3.05, 3.63) is 64.8 Å². The first-order valence-corrected chi connectivity index (χ1v) is 8.00. The molecular formula is C18H14ClN3O4. The SMILES string of the molecule is O=C(CN1C(=O)N/C(=C\c2ccccc2O)C1=O)Nc1ccc(Cl)cc1. The first-order valence-electron chi connectivity index (χ1n) is 7.62. The van der Waals surface area contributed by atoms with E-state index in [2.05, 4.69) is 10.6 Å². The number of nitrogens with one attached hydrogen (secondary N) is 2. The van der Waals surface area contributed by atoms with Crippen LogP contribution >= 0.6 is 11.6 Å². The van der Waals surface area contributed by atoms with Crippen LogP contribution in [0.4, 0.5) is 10.5 Å². The van der Waals surface area contributed by atoms with Crippen LogP contribution in [0.1, 0.15) is 5.56 Å². The van der Waals surface area contributed by atoms with Crippen molar-refractivity contribution >= 4 is 41.2 Å². The highest BCUT2D eigenvalue weighted by Crippen LogP contribution is 2.21. The topological polar surface area (TPSA) is 98.7 Å². The van der Waals surface area contributed by atoms with Gasteiger partial charge >= 0.3 is 6.03 Å². The largest absolute Gasteiger partial charge is 0.507 e. The fraction of sp³-hybridized carbons (Fsp3) is 0.0556. The highest BCUT2D eigenvalue weighted by molar-refractivity contribution is 6.30. The summed E-state index contributed by atoms with van der Waals surface area (Å²) in [6, 6.07) is 12.1. The molecule has 0 aliphatic carbocycles. The van der Waals surface area contributed by atoms with E-state index in [4.69, 9.17) is 11.6 Å². The Morgan fingerprint density at radius 1 is 1.15 bits per heavy atom. The normalized spacial score (nSPS) is 15.3. The number of aromatic hydroxyl groups is 1. The number of imide groups is 1. The third-order valence-corrected chi connectivity index (χ3v) is 3.88. The number of rotatable bonds is 4. The van der Waals surface area contributed by atoms with Gasteiger partial charge in [0.25, 0.3) is 5.91 Å². The van der Waals surface area contributed by atoms with Crippen LogP contribution < -0.4 is 10.6 Å². The maximum atomic E-state index is 12.4. The molecule has 1 aliphatic heterocycles. The smallest absolute Gasteiger partial charge is 0.329 e. The average Bonchev–Trinajstić information content (AvgIpc) is 2.86. The van der Waals surface area contributed by atoms with Gasteiger partial charge in [-0.1, -0.05) is 29.8 Å². The third kappa shape index (κ3) is 3.84. The van der Waals surface area contributed by atoms with Crippen molar-refractivity contribution in [3.8, 4) is 5.75 Å². The van der Waals surface area contributed by atoms with Gasteiger partial charge in [0.2, 0.25) is 5.91 Å². The molecule has 0 unspecified atom stereocenters. The standard InChI is InChI=1S/C18H14ClN3O4/c19-12-5-7-13(8-6-12)20-16(24)10-22-17(25)14(21-18(22)26)9-11-3-1-2-4-15(11)23/h1-9,23H,10H2,(H,20,24)(H,21,26)/b14-9-. The number of para-hydroxylation sites is 1. The lowest BCUT2D eigenvalue weighted by molar-refractivity contribution is -0.127. The molecule has 26 heavy (non-hydrogen) atoms. The number of halogens is 1. The Hall–Kier alpha value is -3.32. The number of carbonyl (C=O) groups is 3. The molecular weight excluding hydrogens is 358 g/mol. The Labute approximate surface area is 153 Å². The summed E-state index contributed by atoms with van der Waals surface area (Å²) in [6.45, 7) is -0.439. The van der Waals surface area contributed by atoms with E-state index in [1.54, 1.807) is 42.5 Å². The third-order valence-electron chi connectivity index (χ3n) is 3.63. The van der Waals surface area contributed by atoms with E-state index < -0.39 is 24.4 Å². The lowest BCUT2D eigenvalue weighted by Crippen LogP contribution is -2.38. The number of phenolic OH excluding ortho intramolecular Hbond substituents is 1. The molecule has 0 atom stereocenters. The van der Waals surface area contributed by atoms with Gasteiger partial charge in [0.15, 0.2) is 0 Å². The number of amides is 4. The van der Waals surface area contributed by atoms with Crippen molar-refractivity contribution in [3.63, 3.8) is 0 Å². The van der Waals surface area contributed by atoms with Gasteiger partial charge in [-0.25, -0.2) is 9.69 Å². The minimum absolute atomic E-state index is 0.0178. The van der Waals surface area contributed by atoms with Crippen LogP contribution in [0, 0.1) is 0 Å². The average molecular weight is 372 g/mol. The van der Waals surface area contributed by atoms with Gasteiger partial charge in [-0.3, -0.25) is 9.59 Å². The number of anilines is 1. The van der Waals surface area contributed by atoms with E-state index in [1.807, 2.05) is 0 Å². The number of phenols is 1. The zero-order chi connectivity index (χ0) is 18.7. The van der Waals surface area contributed by atoms with Crippen LogP contribution in [0.15, 0.2) is 54.2 Å². The molecule has 2 aromatic carbocycles. The fourth-order valence-corrected chi connectivity index (χ4v) is 2.48. The lowest BCUT2D eigenvalue weighted by atomic mass is 10.1. The molecule has 1 fully saturated rings. The summed E-state index contributed by atoms with van der Waals surface area (Å²) < 4.78 is 0. The zero-order valence-corrected chi connectivity index (χ0v) is 14.2. The fourth-order valence-electron chi connectivity index (χ4n) is 2.36. The molecule has 7 nitrogen and oxygen atoms in total. The van der Waals surface area contributed by atoms with Gasteiger partial charge in [0.05, 0.1) is 0 Å². The van der Waals surface area contributed by atoms with Gasteiger partial charge < -0.3 is 15.7 Å². The van der Waals surface area contributed by atoms with Crippen LogP contribution in [0.5, 0.6) is 5.75 Å². The van der Waals surface area contributed by atoms with Crippen molar-refractivity contribution in [1.82, 2.24) is 10.2 Å². The van der Waals surface area contributed by atoms with E-state index >= 15 is 0 Å². The Balaban J connectivity index is 1.70. The molecule has 0 saturated carbocycles. The zero-order valence-electron chi connectivity index (χ0n) is 13.4. The summed E-state index contributed by atoms with van der Waals surface area (Å²) in [5.41, 5.74) is 0.857. The summed E-state index contributed by atoms with van der Waals surface area (Å²) in [5.74, 6) is -1.20. The molecule has 8 heteroatoms. The quantitative estimate of drug-likeness (QED) is 0.568. The number of hydrogen-bond donors (Lipinski definition) is 3. The molecule has 3 N–H and O–H groups in total. The summed E-state index contributed by atoms with van der Waals surface area (Å²) >= 11 is 5.78. The van der Waals surface area contributed by atoms with Gasteiger partial charge in [0.1, 0.15) is 18.0 Å². The number of hydrogen-bond acceptors (Lipinski definition) is 4. The van der Waals surface area contributed by atoms with Crippen molar-refractivity contribution in [2.24, 2.45) is 0 Å². The monoisotopic (exact) mass is 371 g/mol. The Bertz CT molecular complexity index is 909. The first-order chi connectivity index (χ1) is 12.4. The number of nitrogens with zero attached hydrogens (tertiary/aromatic N) is 1. The number of benzene rings is 2. The van der Waals surface area contributed by atoms with Gasteiger partial charge in [0, 0.05) is 16.3 Å². The number of carbonyl (C=O) groups excluding carboxylic acids is 3. The summed E-state index contributed by atoms with van der Waals surface area (Å²) in [6.07, 6.45) is 1.35. The molecule has 0 spiro atoms. The molecule has 0 bridgehead atoms. The highest BCUT2D eigenvalue weighted by atomic mass is 35.5. The van der Waals surface area contributed by atoms with Gasteiger partial charge in [-0.05, 0) is 36.4 Å². The van der Waals surface area contributed by atoms with Crippen molar-refractivity contribution < 1.29 is 19.5 Å². The molecule has 132 valence electrons. The van der Waals surface area contributed by atoms with Crippen molar-refractivity contribution in [2.75, 3.05) is 11.9 Å². The van der Waals surface area contributed by atoms with E-state index in [1.165, 1.54) is 12.1 Å². The van der Waals surface area contributed by atoms with Crippen LogP contribution in [0.3, 0.4) is 0 Å². The van der Waals surface area contributed by atoms with Gasteiger partial charge in [-0.15, -0.1) is 0 Å². The molecule has 0 aromatic heterocycles. The van der Waals surface area contributed by atoms with Crippen molar-refractivity contribution in [1.29, 1.82) is 0 Å². The molecule has 3 rings (SSSR count). The molecule has 1 aliphatic rings. The Morgan fingerprint density at radius 3 is 2.54 bits per heavy atom. The lowest BCUT2D eigenvalue weighted by Gasteiger charge is -2.12. The van der Waals surface area contributed by atoms with Crippen LogP contribution in [-0.2, 0) is 9.59 Å². The summed E-state index contributed by atoms with van der Waals surface area (Å²) in [4.78, 5) is 37.2. The molecule has 2 aromatic rings. The van der Waals surface area contributed by atoms with Crippen LogP contribution in [-0.4, -0.2) is 34.4 Å². The summed E-state index contributed by atoms with van der Waals surface area (Å²) in [7, 11) is 0. The van der Waals surface area contributed by atoms with Crippen LogP contribution in [0.25, 0.3) is 6.08 Å². The van der Waals surface area contributed by atoms with E-state index in [-0.39, 0.29) is 11.4 Å².